The second-order valence-corrected chi connectivity index (χ2v) is 4.25. The predicted octanol–water partition coefficient (Wildman–Crippen LogP) is 3.77. The molecule has 0 spiro atoms. The van der Waals surface area contributed by atoms with Gasteiger partial charge in [-0.25, -0.2) is 9.97 Å². The van der Waals surface area contributed by atoms with E-state index in [9.17, 15) is 0 Å². The smallest absolute Gasteiger partial charge is 0.223 e. The van der Waals surface area contributed by atoms with Gasteiger partial charge in [-0.2, -0.15) is 0 Å². The average molecular weight is 269 g/mol. The van der Waals surface area contributed by atoms with Crippen LogP contribution < -0.4 is 4.74 Å². The van der Waals surface area contributed by atoms with E-state index in [-0.39, 0.29) is 5.28 Å². The minimum Gasteiger partial charge on any atom is -0.497 e. The van der Waals surface area contributed by atoms with E-state index < -0.39 is 0 Å². The average Bonchev–Trinajstić information content (AvgIpc) is 2.27. The molecule has 0 unspecified atom stereocenters. The minimum absolute atomic E-state index is 0.215. The molecular formula is C12H10Cl2N2O. The van der Waals surface area contributed by atoms with Crippen molar-refractivity contribution in [1.29, 1.82) is 0 Å². The molecule has 1 aromatic heterocycles. The molecule has 0 aliphatic rings. The van der Waals surface area contributed by atoms with Crippen LogP contribution in [0.1, 0.15) is 5.69 Å². The Bertz CT molecular complexity index is 538. The fourth-order valence-corrected chi connectivity index (χ4v) is 1.99. The van der Waals surface area contributed by atoms with Gasteiger partial charge in [0.15, 0.2) is 0 Å². The molecule has 88 valence electrons. The Labute approximate surface area is 109 Å². The number of aromatic nitrogens is 2. The molecule has 0 saturated carbocycles. The number of aryl methyl sites for hydroxylation is 1. The summed E-state index contributed by atoms with van der Waals surface area (Å²) in [6, 6.07) is 7.24. The van der Waals surface area contributed by atoms with Crippen LogP contribution in [0.5, 0.6) is 5.75 Å². The molecule has 0 saturated heterocycles. The zero-order valence-electron chi connectivity index (χ0n) is 9.37. The molecular weight excluding hydrogens is 259 g/mol. The number of hydrogen-bond donors (Lipinski definition) is 0. The highest BCUT2D eigenvalue weighted by Gasteiger charge is 2.08. The van der Waals surface area contributed by atoms with Gasteiger partial charge in [-0.3, -0.25) is 0 Å². The first-order chi connectivity index (χ1) is 8.10. The van der Waals surface area contributed by atoms with Gasteiger partial charge in [-0.1, -0.05) is 11.6 Å². The quantitative estimate of drug-likeness (QED) is 0.778. The molecule has 0 N–H and O–H groups in total. The molecule has 0 aliphatic heterocycles. The lowest BCUT2D eigenvalue weighted by Gasteiger charge is -2.07. The van der Waals surface area contributed by atoms with Crippen LogP contribution in [-0.2, 0) is 0 Å². The van der Waals surface area contributed by atoms with Crippen molar-refractivity contribution in [3.63, 3.8) is 0 Å². The monoisotopic (exact) mass is 268 g/mol. The number of rotatable bonds is 2. The van der Waals surface area contributed by atoms with Gasteiger partial charge in [0.1, 0.15) is 5.75 Å². The zero-order chi connectivity index (χ0) is 12.4. The third-order valence-corrected chi connectivity index (χ3v) is 2.76. The molecule has 0 bridgehead atoms. The maximum atomic E-state index is 6.16. The minimum atomic E-state index is 0.215. The van der Waals surface area contributed by atoms with Crippen molar-refractivity contribution < 1.29 is 4.74 Å². The van der Waals surface area contributed by atoms with Crippen molar-refractivity contribution in [2.24, 2.45) is 0 Å². The summed E-state index contributed by atoms with van der Waals surface area (Å²) in [4.78, 5) is 8.16. The fraction of sp³-hybridized carbons (Fsp3) is 0.167. The largest absolute Gasteiger partial charge is 0.497 e. The van der Waals surface area contributed by atoms with Crippen molar-refractivity contribution in [3.05, 3.63) is 40.3 Å². The molecule has 17 heavy (non-hydrogen) atoms. The van der Waals surface area contributed by atoms with Gasteiger partial charge in [0, 0.05) is 11.3 Å². The molecule has 5 heteroatoms. The van der Waals surface area contributed by atoms with Crippen molar-refractivity contribution in [2.75, 3.05) is 7.11 Å². The Hall–Kier alpha value is -1.32. The van der Waals surface area contributed by atoms with E-state index in [4.69, 9.17) is 27.9 Å². The Kier molecular flexibility index (Phi) is 3.50. The summed E-state index contributed by atoms with van der Waals surface area (Å²) in [5.41, 5.74) is 2.31. The molecule has 0 amide bonds. The third kappa shape index (κ3) is 2.68. The van der Waals surface area contributed by atoms with Crippen LogP contribution in [0.2, 0.25) is 10.3 Å². The van der Waals surface area contributed by atoms with E-state index in [2.05, 4.69) is 9.97 Å². The Balaban J connectivity index is 2.52. The summed E-state index contributed by atoms with van der Waals surface area (Å²) in [5.74, 6) is 0.704. The first-order valence-corrected chi connectivity index (χ1v) is 5.71. The number of halogens is 2. The zero-order valence-corrected chi connectivity index (χ0v) is 10.9. The lowest BCUT2D eigenvalue weighted by molar-refractivity contribution is 0.415. The second kappa shape index (κ2) is 4.90. The predicted molar refractivity (Wildman–Crippen MR) is 68.8 cm³/mol. The van der Waals surface area contributed by atoms with Crippen molar-refractivity contribution in [1.82, 2.24) is 9.97 Å². The number of ether oxygens (including phenoxy) is 1. The maximum Gasteiger partial charge on any atom is 0.223 e. The molecule has 2 rings (SSSR count). The molecule has 3 nitrogen and oxygen atoms in total. The Morgan fingerprint density at radius 1 is 1.12 bits per heavy atom. The van der Waals surface area contributed by atoms with Crippen molar-refractivity contribution in [2.45, 2.75) is 6.92 Å². The van der Waals surface area contributed by atoms with Crippen LogP contribution >= 0.6 is 23.2 Å². The van der Waals surface area contributed by atoms with Gasteiger partial charge in [0.2, 0.25) is 5.28 Å². The Morgan fingerprint density at radius 2 is 1.88 bits per heavy atom. The summed E-state index contributed by atoms with van der Waals surface area (Å²) in [6.45, 7) is 1.86. The number of hydrogen-bond acceptors (Lipinski definition) is 3. The first kappa shape index (κ1) is 12.1. The van der Waals surface area contributed by atoms with Gasteiger partial charge < -0.3 is 4.74 Å². The third-order valence-electron chi connectivity index (χ3n) is 2.28. The SMILES string of the molecule is COc1ccc(-c2cc(C)nc(Cl)n2)c(Cl)c1. The molecule has 0 aliphatic carbocycles. The highest BCUT2D eigenvalue weighted by molar-refractivity contribution is 6.33. The standard InChI is InChI=1S/C12H10Cl2N2O/c1-7-5-11(16-12(14)15-7)9-4-3-8(17-2)6-10(9)13/h3-6H,1-2H3. The molecule has 1 aromatic carbocycles. The van der Waals surface area contributed by atoms with Crippen LogP contribution in [0.25, 0.3) is 11.3 Å². The van der Waals surface area contributed by atoms with E-state index in [1.807, 2.05) is 25.1 Å². The molecule has 0 fully saturated rings. The van der Waals surface area contributed by atoms with Crippen molar-refractivity contribution >= 4 is 23.2 Å². The van der Waals surface area contributed by atoms with E-state index in [1.165, 1.54) is 0 Å². The highest BCUT2D eigenvalue weighted by atomic mass is 35.5. The van der Waals surface area contributed by atoms with Gasteiger partial charge in [0.05, 0.1) is 17.8 Å². The van der Waals surface area contributed by atoms with E-state index in [0.717, 1.165) is 11.3 Å². The van der Waals surface area contributed by atoms with Crippen LogP contribution in [0.4, 0.5) is 0 Å². The lowest BCUT2D eigenvalue weighted by atomic mass is 10.1. The number of methoxy groups -OCH3 is 1. The second-order valence-electron chi connectivity index (χ2n) is 3.51. The van der Waals surface area contributed by atoms with Crippen LogP contribution in [-0.4, -0.2) is 17.1 Å². The summed E-state index contributed by atoms with van der Waals surface area (Å²) in [5, 5.41) is 0.783. The van der Waals surface area contributed by atoms with Crippen LogP contribution in [0.15, 0.2) is 24.3 Å². The molecule has 2 aromatic rings. The van der Waals surface area contributed by atoms with Gasteiger partial charge in [-0.15, -0.1) is 0 Å². The summed E-state index contributed by atoms with van der Waals surface area (Å²) < 4.78 is 5.09. The summed E-state index contributed by atoms with van der Waals surface area (Å²) >= 11 is 12.0. The normalized spacial score (nSPS) is 10.4. The highest BCUT2D eigenvalue weighted by Crippen LogP contribution is 2.30. The molecule has 1 heterocycles. The lowest BCUT2D eigenvalue weighted by Crippen LogP contribution is -1.92. The fourth-order valence-electron chi connectivity index (χ4n) is 1.50. The summed E-state index contributed by atoms with van der Waals surface area (Å²) in [6.07, 6.45) is 0. The van der Waals surface area contributed by atoms with Crippen LogP contribution in [0.3, 0.4) is 0 Å². The van der Waals surface area contributed by atoms with Gasteiger partial charge >= 0.3 is 0 Å². The molecule has 0 atom stereocenters. The maximum absolute atomic E-state index is 6.16. The Morgan fingerprint density at radius 3 is 2.47 bits per heavy atom. The first-order valence-electron chi connectivity index (χ1n) is 4.95. The topological polar surface area (TPSA) is 35.0 Å². The van der Waals surface area contributed by atoms with Gasteiger partial charge in [-0.05, 0) is 42.8 Å². The van der Waals surface area contributed by atoms with Crippen LogP contribution in [0, 0.1) is 6.92 Å². The van der Waals surface area contributed by atoms with Crippen molar-refractivity contribution in [3.8, 4) is 17.0 Å². The number of nitrogens with zero attached hydrogens (tertiary/aromatic N) is 2. The molecule has 0 radical (unpaired) electrons. The summed E-state index contributed by atoms with van der Waals surface area (Å²) in [7, 11) is 1.59. The van der Waals surface area contributed by atoms with E-state index in [0.29, 0.717) is 16.5 Å². The van der Waals surface area contributed by atoms with E-state index >= 15 is 0 Å². The van der Waals surface area contributed by atoms with E-state index in [1.54, 1.807) is 13.2 Å². The number of benzene rings is 1. The van der Waals surface area contributed by atoms with Gasteiger partial charge in [0.25, 0.3) is 0 Å².